The van der Waals surface area contributed by atoms with E-state index in [4.69, 9.17) is 0 Å². The van der Waals surface area contributed by atoms with Gasteiger partial charge >= 0.3 is 0 Å². The normalized spacial score (nSPS) is 10.2. The fourth-order valence-corrected chi connectivity index (χ4v) is 1.37. The number of hydrogen-bond donors (Lipinski definition) is 1. The van der Waals surface area contributed by atoms with Gasteiger partial charge in [0, 0.05) is 25.1 Å². The monoisotopic (exact) mass is 203 g/mol. The summed E-state index contributed by atoms with van der Waals surface area (Å²) in [6.45, 7) is 3.66. The van der Waals surface area contributed by atoms with Gasteiger partial charge in [0.1, 0.15) is 5.82 Å². The maximum absolute atomic E-state index is 4.19. The Hall–Kier alpha value is -1.91. The average molecular weight is 203 g/mol. The quantitative estimate of drug-likeness (QED) is 0.813. The summed E-state index contributed by atoms with van der Waals surface area (Å²) in [5, 5.41) is 7.37. The maximum Gasteiger partial charge on any atom is 0.144 e. The zero-order chi connectivity index (χ0) is 10.5. The van der Waals surface area contributed by atoms with Crippen molar-refractivity contribution in [3.8, 4) is 0 Å². The SMILES string of the molecule is CCn1nccc1CNc1cnccn1. The second-order valence-electron chi connectivity index (χ2n) is 3.08. The van der Waals surface area contributed by atoms with E-state index in [0.29, 0.717) is 6.54 Å². The zero-order valence-corrected chi connectivity index (χ0v) is 8.59. The summed E-state index contributed by atoms with van der Waals surface area (Å²) in [5.41, 5.74) is 1.14. The lowest BCUT2D eigenvalue weighted by Gasteiger charge is -2.06. The standard InChI is InChI=1S/C10H13N5/c1-2-15-9(3-4-14-15)7-13-10-8-11-5-6-12-10/h3-6,8H,2,7H2,1H3,(H,12,13). The molecule has 5 nitrogen and oxygen atoms in total. The molecule has 5 heteroatoms. The number of hydrogen-bond acceptors (Lipinski definition) is 4. The predicted molar refractivity (Wildman–Crippen MR) is 57.3 cm³/mol. The molecule has 15 heavy (non-hydrogen) atoms. The topological polar surface area (TPSA) is 55.6 Å². The van der Waals surface area contributed by atoms with Crippen LogP contribution in [0.1, 0.15) is 12.6 Å². The van der Waals surface area contributed by atoms with Crippen LogP contribution < -0.4 is 5.32 Å². The molecule has 0 radical (unpaired) electrons. The average Bonchev–Trinajstić information content (AvgIpc) is 2.75. The van der Waals surface area contributed by atoms with Crippen LogP contribution in [0.2, 0.25) is 0 Å². The Morgan fingerprint density at radius 2 is 2.27 bits per heavy atom. The largest absolute Gasteiger partial charge is 0.363 e. The van der Waals surface area contributed by atoms with E-state index in [0.717, 1.165) is 18.1 Å². The molecule has 2 heterocycles. The van der Waals surface area contributed by atoms with Gasteiger partial charge in [-0.25, -0.2) is 4.98 Å². The first-order chi connectivity index (χ1) is 7.40. The molecule has 2 aromatic rings. The lowest BCUT2D eigenvalue weighted by Crippen LogP contribution is -2.08. The molecular weight excluding hydrogens is 190 g/mol. The summed E-state index contributed by atoms with van der Waals surface area (Å²) < 4.78 is 1.95. The van der Waals surface area contributed by atoms with Crippen molar-refractivity contribution in [3.05, 3.63) is 36.5 Å². The summed E-state index contributed by atoms with van der Waals surface area (Å²) in [5.74, 6) is 0.779. The van der Waals surface area contributed by atoms with Gasteiger partial charge in [0.25, 0.3) is 0 Å². The van der Waals surface area contributed by atoms with Gasteiger partial charge in [0.2, 0.25) is 0 Å². The number of aromatic nitrogens is 4. The smallest absolute Gasteiger partial charge is 0.144 e. The third kappa shape index (κ3) is 2.31. The molecule has 1 N–H and O–H groups in total. The molecule has 0 saturated heterocycles. The third-order valence-corrected chi connectivity index (χ3v) is 2.12. The minimum absolute atomic E-state index is 0.715. The number of anilines is 1. The van der Waals surface area contributed by atoms with Crippen LogP contribution in [0.15, 0.2) is 30.9 Å². The zero-order valence-electron chi connectivity index (χ0n) is 8.59. The van der Waals surface area contributed by atoms with Crippen molar-refractivity contribution >= 4 is 5.82 Å². The molecule has 0 unspecified atom stereocenters. The molecule has 0 aromatic carbocycles. The minimum atomic E-state index is 0.715. The van der Waals surface area contributed by atoms with Gasteiger partial charge in [-0.05, 0) is 13.0 Å². The van der Waals surface area contributed by atoms with Gasteiger partial charge in [0.15, 0.2) is 0 Å². The summed E-state index contributed by atoms with van der Waals surface area (Å²) in [6, 6.07) is 1.99. The van der Waals surface area contributed by atoms with E-state index in [-0.39, 0.29) is 0 Å². The van der Waals surface area contributed by atoms with Crippen molar-refractivity contribution in [3.63, 3.8) is 0 Å². The van der Waals surface area contributed by atoms with Gasteiger partial charge < -0.3 is 5.32 Å². The van der Waals surface area contributed by atoms with Gasteiger partial charge in [-0.2, -0.15) is 5.10 Å². The Kier molecular flexibility index (Phi) is 2.92. The van der Waals surface area contributed by atoms with Crippen LogP contribution in [0, 0.1) is 0 Å². The van der Waals surface area contributed by atoms with E-state index in [9.17, 15) is 0 Å². The highest BCUT2D eigenvalue weighted by Gasteiger charge is 2.00. The van der Waals surface area contributed by atoms with E-state index in [1.54, 1.807) is 24.8 Å². The Balaban J connectivity index is 1.99. The molecule has 0 spiro atoms. The van der Waals surface area contributed by atoms with E-state index >= 15 is 0 Å². The van der Waals surface area contributed by atoms with Gasteiger partial charge in [-0.3, -0.25) is 9.67 Å². The summed E-state index contributed by atoms with van der Waals surface area (Å²) >= 11 is 0. The summed E-state index contributed by atoms with van der Waals surface area (Å²) in [7, 11) is 0. The second kappa shape index (κ2) is 4.54. The molecule has 0 fully saturated rings. The summed E-state index contributed by atoms with van der Waals surface area (Å²) in [4.78, 5) is 8.11. The van der Waals surface area contributed by atoms with Gasteiger partial charge in [-0.1, -0.05) is 0 Å². The molecule has 0 aliphatic heterocycles. The fourth-order valence-electron chi connectivity index (χ4n) is 1.37. The van der Waals surface area contributed by atoms with Crippen molar-refractivity contribution in [2.75, 3.05) is 5.32 Å². The molecule has 2 aromatic heterocycles. The first-order valence-corrected chi connectivity index (χ1v) is 4.90. The summed E-state index contributed by atoms with van der Waals surface area (Å²) in [6.07, 6.45) is 6.82. The van der Waals surface area contributed by atoms with Crippen LogP contribution in [0.5, 0.6) is 0 Å². The van der Waals surface area contributed by atoms with Crippen molar-refractivity contribution in [2.45, 2.75) is 20.0 Å². The van der Waals surface area contributed by atoms with Crippen LogP contribution in [0.25, 0.3) is 0 Å². The Labute approximate surface area is 88.2 Å². The van der Waals surface area contributed by atoms with Crippen molar-refractivity contribution in [2.24, 2.45) is 0 Å². The molecule has 78 valence electrons. The van der Waals surface area contributed by atoms with Crippen molar-refractivity contribution in [1.82, 2.24) is 19.7 Å². The number of nitrogens with zero attached hydrogens (tertiary/aromatic N) is 4. The van der Waals surface area contributed by atoms with Crippen molar-refractivity contribution in [1.29, 1.82) is 0 Å². The van der Waals surface area contributed by atoms with Crippen LogP contribution in [-0.4, -0.2) is 19.7 Å². The first kappa shape index (κ1) is 9.64. The predicted octanol–water partition coefficient (Wildman–Crippen LogP) is 1.31. The molecule has 0 amide bonds. The van der Waals surface area contributed by atoms with E-state index in [1.807, 2.05) is 10.7 Å². The van der Waals surface area contributed by atoms with E-state index < -0.39 is 0 Å². The highest BCUT2D eigenvalue weighted by molar-refractivity contribution is 5.30. The van der Waals surface area contributed by atoms with Gasteiger partial charge in [-0.15, -0.1) is 0 Å². The second-order valence-corrected chi connectivity index (χ2v) is 3.08. The molecule has 0 aliphatic rings. The van der Waals surface area contributed by atoms with E-state index in [1.165, 1.54) is 0 Å². The third-order valence-electron chi connectivity index (χ3n) is 2.12. The number of rotatable bonds is 4. The molecule has 0 aliphatic carbocycles. The van der Waals surface area contributed by atoms with Crippen LogP contribution >= 0.6 is 0 Å². The molecule has 0 bridgehead atoms. The lowest BCUT2D eigenvalue weighted by atomic mass is 10.4. The van der Waals surface area contributed by atoms with Crippen LogP contribution in [0.3, 0.4) is 0 Å². The van der Waals surface area contributed by atoms with Crippen LogP contribution in [-0.2, 0) is 13.1 Å². The van der Waals surface area contributed by atoms with E-state index in [2.05, 4.69) is 27.3 Å². The number of nitrogens with one attached hydrogen (secondary N) is 1. The molecular formula is C10H13N5. The fraction of sp³-hybridized carbons (Fsp3) is 0.300. The number of aryl methyl sites for hydroxylation is 1. The van der Waals surface area contributed by atoms with Crippen LogP contribution in [0.4, 0.5) is 5.82 Å². The molecule has 2 rings (SSSR count). The van der Waals surface area contributed by atoms with Crippen molar-refractivity contribution < 1.29 is 0 Å². The van der Waals surface area contributed by atoms with Gasteiger partial charge in [0.05, 0.1) is 18.4 Å². The molecule has 0 atom stereocenters. The highest BCUT2D eigenvalue weighted by atomic mass is 15.3. The minimum Gasteiger partial charge on any atom is -0.363 e. The Bertz CT molecular complexity index is 409. The Morgan fingerprint density at radius 3 is 3.00 bits per heavy atom. The Morgan fingerprint density at radius 1 is 1.33 bits per heavy atom. The maximum atomic E-state index is 4.19. The molecule has 0 saturated carbocycles. The lowest BCUT2D eigenvalue weighted by molar-refractivity contribution is 0.627. The first-order valence-electron chi connectivity index (χ1n) is 4.90. The highest BCUT2D eigenvalue weighted by Crippen LogP contribution is 2.03.